The number of rotatable bonds is 3. The number of hydrogen-bond donors (Lipinski definition) is 2. The highest BCUT2D eigenvalue weighted by atomic mass is 32.1. The molecule has 0 saturated heterocycles. The number of aryl methyl sites for hydroxylation is 2. The molecule has 90 valence electrons. The highest BCUT2D eigenvalue weighted by Crippen LogP contribution is 2.12. The molecule has 2 aromatic heterocycles. The van der Waals surface area contributed by atoms with E-state index in [-0.39, 0.29) is 5.91 Å². The van der Waals surface area contributed by atoms with Gasteiger partial charge in [-0.3, -0.25) is 9.48 Å². The zero-order valence-corrected chi connectivity index (χ0v) is 10.4. The van der Waals surface area contributed by atoms with Crippen LogP contribution in [-0.2, 0) is 13.6 Å². The maximum Gasteiger partial charge on any atom is 0.257 e. The number of nitrogens with zero attached hydrogens (tertiary/aromatic N) is 3. The highest BCUT2D eigenvalue weighted by molar-refractivity contribution is 7.11. The van der Waals surface area contributed by atoms with Crippen molar-refractivity contribution >= 4 is 23.1 Å². The van der Waals surface area contributed by atoms with Crippen LogP contribution in [0.3, 0.4) is 0 Å². The second kappa shape index (κ2) is 4.54. The van der Waals surface area contributed by atoms with E-state index in [1.165, 1.54) is 10.9 Å². The lowest BCUT2D eigenvalue weighted by Crippen LogP contribution is -2.23. The number of nitrogens with two attached hydrogens (primary N) is 1. The zero-order chi connectivity index (χ0) is 12.4. The molecule has 0 unspecified atom stereocenters. The Hall–Kier alpha value is -1.89. The van der Waals surface area contributed by atoms with Crippen LogP contribution in [0.25, 0.3) is 0 Å². The molecule has 2 heterocycles. The molecular weight excluding hydrogens is 238 g/mol. The van der Waals surface area contributed by atoms with Crippen LogP contribution < -0.4 is 11.1 Å². The normalized spacial score (nSPS) is 10.5. The third kappa shape index (κ3) is 2.44. The lowest BCUT2D eigenvalue weighted by Gasteiger charge is -2.02. The van der Waals surface area contributed by atoms with Crippen molar-refractivity contribution in [2.45, 2.75) is 13.5 Å². The summed E-state index contributed by atoms with van der Waals surface area (Å²) in [7, 11) is 1.69. The van der Waals surface area contributed by atoms with Gasteiger partial charge in [0, 0.05) is 18.1 Å². The smallest absolute Gasteiger partial charge is 0.257 e. The summed E-state index contributed by atoms with van der Waals surface area (Å²) in [6, 6.07) is 0. The minimum absolute atomic E-state index is 0.233. The third-order valence-electron chi connectivity index (χ3n) is 2.30. The van der Waals surface area contributed by atoms with Crippen LogP contribution in [0.2, 0.25) is 0 Å². The summed E-state index contributed by atoms with van der Waals surface area (Å²) >= 11 is 1.56. The van der Waals surface area contributed by atoms with Crippen molar-refractivity contribution in [3.8, 4) is 0 Å². The Morgan fingerprint density at radius 3 is 2.88 bits per heavy atom. The van der Waals surface area contributed by atoms with Gasteiger partial charge in [-0.05, 0) is 6.92 Å². The second-order valence-electron chi connectivity index (χ2n) is 3.61. The summed E-state index contributed by atoms with van der Waals surface area (Å²) < 4.78 is 1.46. The van der Waals surface area contributed by atoms with E-state index in [2.05, 4.69) is 15.4 Å². The number of carbonyl (C=O) groups is 1. The van der Waals surface area contributed by atoms with Gasteiger partial charge in [0.05, 0.1) is 12.7 Å². The molecule has 3 N–H and O–H groups in total. The average molecular weight is 251 g/mol. The van der Waals surface area contributed by atoms with Crippen LogP contribution in [0.1, 0.15) is 20.2 Å². The van der Waals surface area contributed by atoms with Crippen molar-refractivity contribution in [2.75, 3.05) is 5.73 Å². The zero-order valence-electron chi connectivity index (χ0n) is 9.60. The van der Waals surface area contributed by atoms with Crippen molar-refractivity contribution in [3.63, 3.8) is 0 Å². The first kappa shape index (κ1) is 11.6. The van der Waals surface area contributed by atoms with E-state index in [9.17, 15) is 4.79 Å². The van der Waals surface area contributed by atoms with Gasteiger partial charge in [0.25, 0.3) is 5.91 Å². The number of anilines is 1. The number of carbonyl (C=O) groups excluding carboxylic acids is 1. The van der Waals surface area contributed by atoms with E-state index >= 15 is 0 Å². The maximum atomic E-state index is 11.8. The van der Waals surface area contributed by atoms with E-state index in [1.54, 1.807) is 24.6 Å². The van der Waals surface area contributed by atoms with Crippen LogP contribution >= 0.6 is 11.3 Å². The quantitative estimate of drug-likeness (QED) is 0.840. The van der Waals surface area contributed by atoms with Crippen LogP contribution in [0.5, 0.6) is 0 Å². The molecule has 0 spiro atoms. The van der Waals surface area contributed by atoms with Crippen LogP contribution in [0.4, 0.5) is 5.82 Å². The van der Waals surface area contributed by atoms with E-state index in [1.807, 2.05) is 6.92 Å². The first-order chi connectivity index (χ1) is 8.08. The fourth-order valence-electron chi connectivity index (χ4n) is 1.36. The molecule has 1 amide bonds. The number of hydrogen-bond acceptors (Lipinski definition) is 5. The Bertz CT molecular complexity index is 545. The van der Waals surface area contributed by atoms with Crippen molar-refractivity contribution in [1.82, 2.24) is 20.1 Å². The fourth-order valence-corrected chi connectivity index (χ4v) is 2.08. The molecule has 0 saturated carbocycles. The topological polar surface area (TPSA) is 85.8 Å². The Morgan fingerprint density at radius 2 is 2.35 bits per heavy atom. The van der Waals surface area contributed by atoms with Crippen LogP contribution in [0.15, 0.2) is 12.4 Å². The molecule has 0 aliphatic rings. The molecule has 7 heteroatoms. The Labute approximate surface area is 102 Å². The van der Waals surface area contributed by atoms with Gasteiger partial charge in [-0.25, -0.2) is 4.98 Å². The molecule has 0 bridgehead atoms. The van der Waals surface area contributed by atoms with E-state index < -0.39 is 0 Å². The van der Waals surface area contributed by atoms with E-state index in [0.717, 1.165) is 9.88 Å². The summed E-state index contributed by atoms with van der Waals surface area (Å²) in [5.41, 5.74) is 6.09. The minimum atomic E-state index is -0.233. The first-order valence-corrected chi connectivity index (χ1v) is 5.86. The van der Waals surface area contributed by atoms with Crippen molar-refractivity contribution in [3.05, 3.63) is 27.8 Å². The highest BCUT2D eigenvalue weighted by Gasteiger charge is 2.13. The van der Waals surface area contributed by atoms with Gasteiger partial charge >= 0.3 is 0 Å². The van der Waals surface area contributed by atoms with Crippen molar-refractivity contribution in [2.24, 2.45) is 7.05 Å². The third-order valence-corrected chi connectivity index (χ3v) is 3.21. The maximum absolute atomic E-state index is 11.8. The van der Waals surface area contributed by atoms with E-state index in [4.69, 9.17) is 5.73 Å². The molecule has 2 rings (SSSR count). The van der Waals surface area contributed by atoms with E-state index in [0.29, 0.717) is 17.9 Å². The molecule has 0 aromatic carbocycles. The Balaban J connectivity index is 2.00. The Morgan fingerprint density at radius 1 is 1.59 bits per heavy atom. The standard InChI is InChI=1S/C10H13N5OS/c1-6-3-12-8(17-6)5-13-10(16)7-4-14-15(2)9(7)11/h3-4H,5,11H2,1-2H3,(H,13,16). The van der Waals surface area contributed by atoms with Gasteiger partial charge in [-0.2, -0.15) is 5.10 Å². The molecule has 2 aromatic rings. The predicted octanol–water partition coefficient (Wildman–Crippen LogP) is 0.697. The summed E-state index contributed by atoms with van der Waals surface area (Å²) in [4.78, 5) is 17.1. The lowest BCUT2D eigenvalue weighted by molar-refractivity contribution is 0.0951. The molecular formula is C10H13N5OS. The average Bonchev–Trinajstić information content (AvgIpc) is 2.84. The van der Waals surface area contributed by atoms with Crippen LogP contribution in [0, 0.1) is 6.92 Å². The molecule has 0 radical (unpaired) electrons. The molecule has 0 aliphatic heterocycles. The number of amides is 1. The van der Waals surface area contributed by atoms with Crippen molar-refractivity contribution in [1.29, 1.82) is 0 Å². The molecule has 17 heavy (non-hydrogen) atoms. The summed E-state index contributed by atoms with van der Waals surface area (Å²) in [6.45, 7) is 2.38. The fraction of sp³-hybridized carbons (Fsp3) is 0.300. The first-order valence-electron chi connectivity index (χ1n) is 5.05. The number of thiazole rings is 1. The second-order valence-corrected chi connectivity index (χ2v) is 4.93. The van der Waals surface area contributed by atoms with Gasteiger partial charge in [0.1, 0.15) is 16.4 Å². The lowest BCUT2D eigenvalue weighted by atomic mass is 10.3. The predicted molar refractivity (Wildman–Crippen MR) is 65.6 cm³/mol. The SMILES string of the molecule is Cc1cnc(CNC(=O)c2cnn(C)c2N)s1. The molecule has 6 nitrogen and oxygen atoms in total. The molecule has 0 atom stereocenters. The molecule has 0 fully saturated rings. The largest absolute Gasteiger partial charge is 0.383 e. The molecule has 0 aliphatic carbocycles. The van der Waals surface area contributed by atoms with Gasteiger partial charge < -0.3 is 11.1 Å². The number of nitrogens with one attached hydrogen (secondary N) is 1. The summed E-state index contributed by atoms with van der Waals surface area (Å²) in [5, 5.41) is 7.55. The van der Waals surface area contributed by atoms with Gasteiger partial charge in [0.2, 0.25) is 0 Å². The minimum Gasteiger partial charge on any atom is -0.383 e. The summed E-state index contributed by atoms with van der Waals surface area (Å²) in [6.07, 6.45) is 3.24. The van der Waals surface area contributed by atoms with Crippen LogP contribution in [-0.4, -0.2) is 20.7 Å². The number of nitrogen functional groups attached to an aromatic ring is 1. The number of aromatic nitrogens is 3. The van der Waals surface area contributed by atoms with Gasteiger partial charge in [0.15, 0.2) is 0 Å². The Kier molecular flexibility index (Phi) is 3.10. The summed E-state index contributed by atoms with van der Waals surface area (Å²) in [5.74, 6) is 0.126. The monoisotopic (exact) mass is 251 g/mol. The van der Waals surface area contributed by atoms with Crippen molar-refractivity contribution < 1.29 is 4.79 Å². The van der Waals surface area contributed by atoms with Gasteiger partial charge in [-0.15, -0.1) is 11.3 Å². The van der Waals surface area contributed by atoms with Gasteiger partial charge in [-0.1, -0.05) is 0 Å².